The molecule has 5 nitrogen and oxygen atoms in total. The van der Waals surface area contributed by atoms with Gasteiger partial charge in [0, 0.05) is 11.1 Å². The molecule has 0 bridgehead atoms. The molecule has 0 fully saturated rings. The van der Waals surface area contributed by atoms with Gasteiger partial charge in [0.05, 0.1) is 6.20 Å². The quantitative estimate of drug-likeness (QED) is 0.437. The molecule has 1 aromatic carbocycles. The Labute approximate surface area is 154 Å². The zero-order valence-corrected chi connectivity index (χ0v) is 16.4. The van der Waals surface area contributed by atoms with E-state index in [1.165, 1.54) is 5.56 Å². The van der Waals surface area contributed by atoms with Crippen molar-refractivity contribution in [1.29, 1.82) is 0 Å². The van der Waals surface area contributed by atoms with Crippen molar-refractivity contribution in [2.45, 2.75) is 46.1 Å². The Bertz CT molecular complexity index is 641. The number of aliphatic imine (C=N–C) groups is 1. The standard InChI is InChI=1S/C17H24N4O.HI/c1-5-12-6-8-13(9-7-12)21-16(18)20-11-15-19-10-14(22-15)17(2,3)4;/h6-10H,5,11H2,1-4H3,(H3,18,20,21);1H. The minimum absolute atomic E-state index is 0. The number of hydrogen-bond donors (Lipinski definition) is 2. The summed E-state index contributed by atoms with van der Waals surface area (Å²) in [6.45, 7) is 8.69. The number of anilines is 1. The molecule has 1 heterocycles. The fourth-order valence-electron chi connectivity index (χ4n) is 1.89. The lowest BCUT2D eigenvalue weighted by molar-refractivity contribution is 0.383. The molecule has 0 unspecified atom stereocenters. The molecule has 0 saturated carbocycles. The number of nitrogens with zero attached hydrogens (tertiary/aromatic N) is 2. The summed E-state index contributed by atoms with van der Waals surface area (Å²) in [4.78, 5) is 8.48. The normalized spacial score (nSPS) is 11.9. The van der Waals surface area contributed by atoms with Gasteiger partial charge in [0.2, 0.25) is 5.89 Å². The molecule has 1 aromatic heterocycles. The van der Waals surface area contributed by atoms with Crippen molar-refractivity contribution in [3.63, 3.8) is 0 Å². The number of nitrogens with two attached hydrogens (primary N) is 1. The van der Waals surface area contributed by atoms with Gasteiger partial charge in [-0.3, -0.25) is 0 Å². The van der Waals surface area contributed by atoms with Gasteiger partial charge in [-0.15, -0.1) is 24.0 Å². The molecular weight excluding hydrogens is 403 g/mol. The van der Waals surface area contributed by atoms with E-state index in [0.29, 0.717) is 18.4 Å². The smallest absolute Gasteiger partial charge is 0.216 e. The second-order valence-corrected chi connectivity index (χ2v) is 6.25. The Morgan fingerprint density at radius 1 is 1.26 bits per heavy atom. The Hall–Kier alpha value is -1.57. The number of benzene rings is 1. The molecule has 3 N–H and O–H groups in total. The first-order valence-electron chi connectivity index (χ1n) is 7.49. The van der Waals surface area contributed by atoms with Crippen molar-refractivity contribution < 1.29 is 4.42 Å². The second kappa shape index (κ2) is 8.33. The summed E-state index contributed by atoms with van der Waals surface area (Å²) in [7, 11) is 0. The van der Waals surface area contributed by atoms with Gasteiger partial charge in [0.25, 0.3) is 0 Å². The van der Waals surface area contributed by atoms with Gasteiger partial charge >= 0.3 is 0 Å². The zero-order valence-electron chi connectivity index (χ0n) is 14.1. The maximum absolute atomic E-state index is 5.89. The number of hydrogen-bond acceptors (Lipinski definition) is 3. The third kappa shape index (κ3) is 5.85. The van der Waals surface area contributed by atoms with E-state index >= 15 is 0 Å². The number of halogens is 1. The van der Waals surface area contributed by atoms with E-state index in [1.54, 1.807) is 6.20 Å². The van der Waals surface area contributed by atoms with Crippen molar-refractivity contribution in [3.05, 3.63) is 47.7 Å². The molecule has 0 aliphatic rings. The number of oxazole rings is 1. The van der Waals surface area contributed by atoms with Gasteiger partial charge in [0.15, 0.2) is 5.96 Å². The van der Waals surface area contributed by atoms with E-state index in [2.05, 4.69) is 55.1 Å². The highest BCUT2D eigenvalue weighted by Gasteiger charge is 2.18. The van der Waals surface area contributed by atoms with Crippen LogP contribution in [0, 0.1) is 0 Å². The maximum atomic E-state index is 5.89. The van der Waals surface area contributed by atoms with Crippen LogP contribution in [0.15, 0.2) is 39.9 Å². The van der Waals surface area contributed by atoms with Crippen molar-refractivity contribution in [2.24, 2.45) is 10.7 Å². The van der Waals surface area contributed by atoms with Crippen LogP contribution in [-0.2, 0) is 18.4 Å². The highest BCUT2D eigenvalue weighted by molar-refractivity contribution is 14.0. The number of aromatic nitrogens is 1. The summed E-state index contributed by atoms with van der Waals surface area (Å²) >= 11 is 0. The van der Waals surface area contributed by atoms with Crippen LogP contribution in [0.4, 0.5) is 5.69 Å². The molecule has 2 aromatic rings. The SMILES string of the molecule is CCc1ccc(NC(N)=NCc2ncc(C(C)(C)C)o2)cc1.I. The monoisotopic (exact) mass is 428 g/mol. The lowest BCUT2D eigenvalue weighted by Crippen LogP contribution is -2.22. The minimum Gasteiger partial charge on any atom is -0.443 e. The van der Waals surface area contributed by atoms with E-state index in [4.69, 9.17) is 10.2 Å². The molecule has 0 atom stereocenters. The van der Waals surface area contributed by atoms with Crippen molar-refractivity contribution in [2.75, 3.05) is 5.32 Å². The molecule has 23 heavy (non-hydrogen) atoms. The van der Waals surface area contributed by atoms with Crippen LogP contribution < -0.4 is 11.1 Å². The van der Waals surface area contributed by atoms with E-state index in [0.717, 1.165) is 17.9 Å². The van der Waals surface area contributed by atoms with Crippen molar-refractivity contribution in [3.8, 4) is 0 Å². The summed E-state index contributed by atoms with van der Waals surface area (Å²) in [5.41, 5.74) is 8.04. The molecule has 0 amide bonds. The largest absolute Gasteiger partial charge is 0.443 e. The molecule has 0 radical (unpaired) electrons. The van der Waals surface area contributed by atoms with E-state index < -0.39 is 0 Å². The average molecular weight is 428 g/mol. The fourth-order valence-corrected chi connectivity index (χ4v) is 1.89. The molecule has 6 heteroatoms. The van der Waals surface area contributed by atoms with Gasteiger partial charge in [-0.2, -0.15) is 0 Å². The van der Waals surface area contributed by atoms with Gasteiger partial charge in [-0.1, -0.05) is 39.8 Å². The van der Waals surface area contributed by atoms with Gasteiger partial charge in [0.1, 0.15) is 12.3 Å². The summed E-state index contributed by atoms with van der Waals surface area (Å²) in [5.74, 6) is 1.76. The first-order valence-corrected chi connectivity index (χ1v) is 7.49. The molecule has 2 rings (SSSR count). The van der Waals surface area contributed by atoms with Gasteiger partial charge in [-0.05, 0) is 24.1 Å². The third-order valence-corrected chi connectivity index (χ3v) is 3.31. The number of rotatable bonds is 4. The predicted octanol–water partition coefficient (Wildman–Crippen LogP) is 4.08. The number of guanidine groups is 1. The predicted molar refractivity (Wildman–Crippen MR) is 105 cm³/mol. The number of aryl methyl sites for hydroxylation is 1. The van der Waals surface area contributed by atoms with Crippen LogP contribution in [0.5, 0.6) is 0 Å². The molecule has 0 aliphatic heterocycles. The zero-order chi connectivity index (χ0) is 16.2. The topological polar surface area (TPSA) is 76.4 Å². The minimum atomic E-state index is -0.0558. The second-order valence-electron chi connectivity index (χ2n) is 6.25. The Balaban J connectivity index is 0.00000264. The van der Waals surface area contributed by atoms with Crippen molar-refractivity contribution in [1.82, 2.24) is 4.98 Å². The molecule has 0 spiro atoms. The molecule has 0 saturated heterocycles. The maximum Gasteiger partial charge on any atom is 0.216 e. The molecule has 0 aliphatic carbocycles. The van der Waals surface area contributed by atoms with Crippen molar-refractivity contribution >= 4 is 35.6 Å². The Morgan fingerprint density at radius 3 is 2.43 bits per heavy atom. The Kier molecular flexibility index (Phi) is 7.05. The van der Waals surface area contributed by atoms with Gasteiger partial charge < -0.3 is 15.5 Å². The van der Waals surface area contributed by atoms with Crippen LogP contribution in [0.3, 0.4) is 0 Å². The average Bonchev–Trinajstić information content (AvgIpc) is 2.95. The summed E-state index contributed by atoms with van der Waals surface area (Å²) in [6.07, 6.45) is 2.77. The summed E-state index contributed by atoms with van der Waals surface area (Å²) < 4.78 is 5.68. The first-order chi connectivity index (χ1) is 10.4. The molecular formula is C17H25IN4O. The van der Waals surface area contributed by atoms with Crippen LogP contribution in [-0.4, -0.2) is 10.9 Å². The van der Waals surface area contributed by atoms with E-state index in [-0.39, 0.29) is 29.4 Å². The van der Waals surface area contributed by atoms with E-state index in [1.807, 2.05) is 12.1 Å². The van der Waals surface area contributed by atoms with Crippen LogP contribution >= 0.6 is 24.0 Å². The van der Waals surface area contributed by atoms with E-state index in [9.17, 15) is 0 Å². The summed E-state index contributed by atoms with van der Waals surface area (Å²) in [6, 6.07) is 8.12. The van der Waals surface area contributed by atoms with Crippen LogP contribution in [0.1, 0.15) is 44.9 Å². The fraction of sp³-hybridized carbons (Fsp3) is 0.412. The lowest BCUT2D eigenvalue weighted by Gasteiger charge is -2.12. The number of nitrogens with one attached hydrogen (secondary N) is 1. The Morgan fingerprint density at radius 2 is 1.91 bits per heavy atom. The van der Waals surface area contributed by atoms with Gasteiger partial charge in [-0.25, -0.2) is 9.98 Å². The third-order valence-electron chi connectivity index (χ3n) is 3.31. The first kappa shape index (κ1) is 19.5. The van der Waals surface area contributed by atoms with Crippen LogP contribution in [0.2, 0.25) is 0 Å². The summed E-state index contributed by atoms with van der Waals surface area (Å²) in [5, 5.41) is 3.06. The highest BCUT2D eigenvalue weighted by Crippen LogP contribution is 2.22. The van der Waals surface area contributed by atoms with Crippen LogP contribution in [0.25, 0.3) is 0 Å². The highest BCUT2D eigenvalue weighted by atomic mass is 127. The lowest BCUT2D eigenvalue weighted by atomic mass is 9.94. The molecule has 126 valence electrons.